The summed E-state index contributed by atoms with van der Waals surface area (Å²) in [6, 6.07) is 0. The predicted octanol–water partition coefficient (Wildman–Crippen LogP) is -0.706. The molecule has 0 bridgehead atoms. The minimum atomic E-state index is -0.581. The molecule has 1 rings (SSSR count). The number of hydrogen-bond acceptors (Lipinski definition) is 6. The fourth-order valence-corrected chi connectivity index (χ4v) is 1.29. The number of ether oxygens (including phenoxy) is 1. The van der Waals surface area contributed by atoms with E-state index >= 15 is 0 Å². The molecule has 90 valence electrons. The largest absolute Gasteiger partial charge is 0.461 e. The van der Waals surface area contributed by atoms with Gasteiger partial charge in [-0.1, -0.05) is 5.21 Å². The summed E-state index contributed by atoms with van der Waals surface area (Å²) >= 11 is 0. The van der Waals surface area contributed by atoms with E-state index in [-0.39, 0.29) is 25.4 Å². The van der Waals surface area contributed by atoms with Crippen LogP contribution in [0.1, 0.15) is 30.0 Å². The fraction of sp³-hybridized carbons (Fsp3) is 0.667. The summed E-state index contributed by atoms with van der Waals surface area (Å²) in [4.78, 5) is 11.5. The average Bonchev–Trinajstić information content (AvgIpc) is 2.60. The van der Waals surface area contributed by atoms with Crippen molar-refractivity contribution in [2.24, 2.45) is 5.73 Å². The van der Waals surface area contributed by atoms with Gasteiger partial charge in [0.2, 0.25) is 0 Å². The van der Waals surface area contributed by atoms with Crippen molar-refractivity contribution < 1.29 is 14.6 Å². The Kier molecular flexibility index (Phi) is 4.39. The van der Waals surface area contributed by atoms with Crippen LogP contribution in [0.2, 0.25) is 0 Å². The lowest BCUT2D eigenvalue weighted by Crippen LogP contribution is -2.19. The Morgan fingerprint density at radius 3 is 2.88 bits per heavy atom. The molecule has 0 aliphatic heterocycles. The zero-order valence-corrected chi connectivity index (χ0v) is 9.38. The molecule has 0 fully saturated rings. The molecule has 3 N–H and O–H groups in total. The predicted molar refractivity (Wildman–Crippen MR) is 55.6 cm³/mol. The van der Waals surface area contributed by atoms with Gasteiger partial charge in [0.25, 0.3) is 0 Å². The minimum absolute atomic E-state index is 0.116. The Hall–Kier alpha value is -1.47. The topological polar surface area (TPSA) is 103 Å². The summed E-state index contributed by atoms with van der Waals surface area (Å²) in [5.41, 5.74) is 6.10. The van der Waals surface area contributed by atoms with Crippen molar-refractivity contribution in [2.45, 2.75) is 33.0 Å². The lowest BCUT2D eigenvalue weighted by molar-refractivity contribution is 0.0517. The maximum atomic E-state index is 11.5. The van der Waals surface area contributed by atoms with E-state index in [2.05, 4.69) is 10.3 Å². The van der Waals surface area contributed by atoms with Gasteiger partial charge in [0.15, 0.2) is 5.69 Å². The summed E-state index contributed by atoms with van der Waals surface area (Å²) in [5.74, 6) is -0.542. The van der Waals surface area contributed by atoms with Gasteiger partial charge in [-0.05, 0) is 13.8 Å². The number of rotatable bonds is 5. The molecule has 7 nitrogen and oxygen atoms in total. The Bertz CT molecular complexity index is 362. The second kappa shape index (κ2) is 5.57. The van der Waals surface area contributed by atoms with E-state index in [9.17, 15) is 9.90 Å². The Labute approximate surface area is 93.2 Å². The van der Waals surface area contributed by atoms with Crippen LogP contribution in [0.3, 0.4) is 0 Å². The number of nitrogens with two attached hydrogens (primary N) is 1. The molecule has 0 aliphatic rings. The highest BCUT2D eigenvalue weighted by Gasteiger charge is 2.20. The lowest BCUT2D eigenvalue weighted by atomic mass is 10.3. The molecule has 1 heterocycles. The number of esters is 1. The van der Waals surface area contributed by atoms with E-state index in [4.69, 9.17) is 10.5 Å². The minimum Gasteiger partial charge on any atom is -0.461 e. The number of carbonyl (C=O) groups is 1. The number of aliphatic hydroxyl groups excluding tert-OH is 1. The van der Waals surface area contributed by atoms with E-state index in [1.54, 1.807) is 13.8 Å². The van der Waals surface area contributed by atoms with Crippen LogP contribution in [0.4, 0.5) is 0 Å². The first-order chi connectivity index (χ1) is 7.60. The highest BCUT2D eigenvalue weighted by atomic mass is 16.5. The van der Waals surface area contributed by atoms with Gasteiger partial charge in [0.1, 0.15) is 0 Å². The standard InChI is InChI=1S/C9H16N4O3/c1-3-16-9(15)8-7(4-10)13(12-11-8)5-6(2)14/h6,14H,3-5,10H2,1-2H3. The molecular weight excluding hydrogens is 212 g/mol. The summed E-state index contributed by atoms with van der Waals surface area (Å²) in [6.45, 7) is 3.96. The maximum absolute atomic E-state index is 11.5. The molecule has 1 aromatic heterocycles. The summed E-state index contributed by atoms with van der Waals surface area (Å²) < 4.78 is 6.23. The highest BCUT2D eigenvalue weighted by molar-refractivity contribution is 5.88. The Balaban J connectivity index is 2.94. The lowest BCUT2D eigenvalue weighted by Gasteiger charge is -2.07. The van der Waals surface area contributed by atoms with Crippen LogP contribution in [0.5, 0.6) is 0 Å². The quantitative estimate of drug-likeness (QED) is 0.645. The Morgan fingerprint density at radius 1 is 1.69 bits per heavy atom. The van der Waals surface area contributed by atoms with Crippen molar-refractivity contribution in [1.29, 1.82) is 0 Å². The van der Waals surface area contributed by atoms with Gasteiger partial charge >= 0.3 is 5.97 Å². The number of aromatic nitrogens is 3. The SMILES string of the molecule is CCOC(=O)c1nnn(CC(C)O)c1CN. The number of nitrogens with zero attached hydrogens (tertiary/aromatic N) is 3. The number of carbonyl (C=O) groups excluding carboxylic acids is 1. The van der Waals surface area contributed by atoms with Gasteiger partial charge in [-0.15, -0.1) is 5.10 Å². The second-order valence-corrected chi connectivity index (χ2v) is 3.34. The first kappa shape index (κ1) is 12.6. The number of hydrogen-bond donors (Lipinski definition) is 2. The summed E-state index contributed by atoms with van der Waals surface area (Å²) in [5, 5.41) is 16.7. The average molecular weight is 228 g/mol. The van der Waals surface area contributed by atoms with Crippen LogP contribution in [-0.4, -0.2) is 38.8 Å². The van der Waals surface area contributed by atoms with Crippen molar-refractivity contribution in [2.75, 3.05) is 6.61 Å². The van der Waals surface area contributed by atoms with Gasteiger partial charge in [0, 0.05) is 6.54 Å². The van der Waals surface area contributed by atoms with Crippen molar-refractivity contribution in [3.05, 3.63) is 11.4 Å². The molecule has 1 unspecified atom stereocenters. The van der Waals surface area contributed by atoms with Gasteiger partial charge in [-0.3, -0.25) is 0 Å². The third-order valence-electron chi connectivity index (χ3n) is 1.94. The monoisotopic (exact) mass is 228 g/mol. The fourth-order valence-electron chi connectivity index (χ4n) is 1.29. The van der Waals surface area contributed by atoms with Gasteiger partial charge < -0.3 is 15.6 Å². The molecule has 1 atom stereocenters. The third-order valence-corrected chi connectivity index (χ3v) is 1.94. The molecule has 0 aliphatic carbocycles. The van der Waals surface area contributed by atoms with E-state index < -0.39 is 12.1 Å². The van der Waals surface area contributed by atoms with E-state index in [0.717, 1.165) is 0 Å². The van der Waals surface area contributed by atoms with Gasteiger partial charge in [-0.25, -0.2) is 9.48 Å². The normalized spacial score (nSPS) is 12.5. The molecule has 0 radical (unpaired) electrons. The molecule has 1 aromatic rings. The van der Waals surface area contributed by atoms with Crippen LogP contribution in [0, 0.1) is 0 Å². The van der Waals surface area contributed by atoms with E-state index in [0.29, 0.717) is 5.69 Å². The zero-order chi connectivity index (χ0) is 12.1. The first-order valence-electron chi connectivity index (χ1n) is 5.07. The smallest absolute Gasteiger partial charge is 0.360 e. The molecule has 16 heavy (non-hydrogen) atoms. The third kappa shape index (κ3) is 2.77. The van der Waals surface area contributed by atoms with E-state index in [1.165, 1.54) is 4.68 Å². The van der Waals surface area contributed by atoms with Crippen LogP contribution >= 0.6 is 0 Å². The van der Waals surface area contributed by atoms with Crippen LogP contribution in [0.25, 0.3) is 0 Å². The molecule has 0 amide bonds. The molecule has 0 spiro atoms. The van der Waals surface area contributed by atoms with Crippen molar-refractivity contribution >= 4 is 5.97 Å². The maximum Gasteiger partial charge on any atom is 0.360 e. The summed E-state index contributed by atoms with van der Waals surface area (Å²) in [6.07, 6.45) is -0.581. The van der Waals surface area contributed by atoms with Gasteiger partial charge in [0.05, 0.1) is 24.9 Å². The Morgan fingerprint density at radius 2 is 2.38 bits per heavy atom. The summed E-state index contributed by atoms with van der Waals surface area (Å²) in [7, 11) is 0. The molecular formula is C9H16N4O3. The van der Waals surface area contributed by atoms with Crippen LogP contribution in [0.15, 0.2) is 0 Å². The molecule has 0 aromatic carbocycles. The van der Waals surface area contributed by atoms with Crippen LogP contribution in [-0.2, 0) is 17.8 Å². The molecule has 0 saturated heterocycles. The van der Waals surface area contributed by atoms with Crippen molar-refractivity contribution in [3.8, 4) is 0 Å². The van der Waals surface area contributed by atoms with Crippen molar-refractivity contribution in [3.63, 3.8) is 0 Å². The number of aliphatic hydroxyl groups is 1. The van der Waals surface area contributed by atoms with E-state index in [1.807, 2.05) is 0 Å². The zero-order valence-electron chi connectivity index (χ0n) is 9.38. The van der Waals surface area contributed by atoms with Crippen LogP contribution < -0.4 is 5.73 Å². The highest BCUT2D eigenvalue weighted by Crippen LogP contribution is 2.07. The van der Waals surface area contributed by atoms with Gasteiger partial charge in [-0.2, -0.15) is 0 Å². The second-order valence-electron chi connectivity index (χ2n) is 3.34. The molecule has 7 heteroatoms. The van der Waals surface area contributed by atoms with Crippen molar-refractivity contribution in [1.82, 2.24) is 15.0 Å². The molecule has 0 saturated carbocycles. The first-order valence-corrected chi connectivity index (χ1v) is 5.07.